The number of rotatable bonds is 2. The van der Waals surface area contributed by atoms with Crippen molar-refractivity contribution in [2.75, 3.05) is 0 Å². The quantitative estimate of drug-likeness (QED) is 0.782. The molecule has 2 nitrogen and oxygen atoms in total. The van der Waals surface area contributed by atoms with E-state index < -0.39 is 0 Å². The number of nitrogens with zero attached hydrogens (tertiary/aromatic N) is 1. The van der Waals surface area contributed by atoms with E-state index in [2.05, 4.69) is 20.9 Å². The molecule has 5 heteroatoms. The Morgan fingerprint density at radius 1 is 1.40 bits per heavy atom. The third-order valence-electron chi connectivity index (χ3n) is 1.81. The Morgan fingerprint density at radius 3 is 2.80 bits per heavy atom. The van der Waals surface area contributed by atoms with Crippen LogP contribution in [-0.2, 0) is 5.88 Å². The van der Waals surface area contributed by atoms with Crippen molar-refractivity contribution in [2.24, 2.45) is 0 Å². The molecule has 0 aliphatic carbocycles. The zero-order chi connectivity index (χ0) is 10.8. The van der Waals surface area contributed by atoms with E-state index in [1.54, 1.807) is 6.07 Å². The highest BCUT2D eigenvalue weighted by molar-refractivity contribution is 9.10. The van der Waals surface area contributed by atoms with Gasteiger partial charge in [-0.15, -0.1) is 11.6 Å². The fourth-order valence-corrected chi connectivity index (χ4v) is 1.79. The minimum absolute atomic E-state index is 0.205. The number of oxazole rings is 1. The second-order valence-corrected chi connectivity index (χ2v) is 4.09. The molecule has 0 atom stereocenters. The molecular formula is C10H6BrClFNO. The van der Waals surface area contributed by atoms with Gasteiger partial charge in [0.15, 0.2) is 5.76 Å². The Hall–Kier alpha value is -0.870. The van der Waals surface area contributed by atoms with Crippen LogP contribution in [0.4, 0.5) is 4.39 Å². The second kappa shape index (κ2) is 4.33. The summed E-state index contributed by atoms with van der Waals surface area (Å²) in [6, 6.07) is 4.51. The molecule has 0 bridgehead atoms. The number of aromatic nitrogens is 1. The first-order valence-electron chi connectivity index (χ1n) is 4.16. The second-order valence-electron chi connectivity index (χ2n) is 2.91. The molecule has 0 saturated carbocycles. The highest BCUT2D eigenvalue weighted by atomic mass is 79.9. The van der Waals surface area contributed by atoms with Gasteiger partial charge in [0.25, 0.3) is 0 Å². The number of benzene rings is 1. The van der Waals surface area contributed by atoms with Crippen LogP contribution in [0.5, 0.6) is 0 Å². The molecule has 0 aliphatic rings. The van der Waals surface area contributed by atoms with Gasteiger partial charge in [-0.3, -0.25) is 0 Å². The van der Waals surface area contributed by atoms with E-state index in [1.807, 2.05) is 0 Å². The van der Waals surface area contributed by atoms with Crippen molar-refractivity contribution in [3.8, 4) is 11.3 Å². The molecular weight excluding hydrogens is 284 g/mol. The maximum Gasteiger partial charge on any atom is 0.209 e. The van der Waals surface area contributed by atoms with Crippen molar-refractivity contribution in [2.45, 2.75) is 5.88 Å². The lowest BCUT2D eigenvalue weighted by Crippen LogP contribution is -1.78. The number of halogens is 3. The summed E-state index contributed by atoms with van der Waals surface area (Å²) in [5.74, 6) is 0.803. The lowest BCUT2D eigenvalue weighted by atomic mass is 10.2. The van der Waals surface area contributed by atoms with Crippen LogP contribution in [0.25, 0.3) is 11.3 Å². The Kier molecular flexibility index (Phi) is 3.07. The maximum atomic E-state index is 13.1. The molecule has 0 aliphatic heterocycles. The van der Waals surface area contributed by atoms with E-state index in [0.29, 0.717) is 21.7 Å². The zero-order valence-corrected chi connectivity index (χ0v) is 9.85. The van der Waals surface area contributed by atoms with Crippen LogP contribution < -0.4 is 0 Å². The fourth-order valence-electron chi connectivity index (χ4n) is 1.20. The van der Waals surface area contributed by atoms with E-state index in [-0.39, 0.29) is 11.7 Å². The van der Waals surface area contributed by atoms with Crippen LogP contribution in [0.2, 0.25) is 0 Å². The topological polar surface area (TPSA) is 26.0 Å². The van der Waals surface area contributed by atoms with Crippen LogP contribution >= 0.6 is 27.5 Å². The summed E-state index contributed by atoms with van der Waals surface area (Å²) in [6.45, 7) is 0. The van der Waals surface area contributed by atoms with E-state index in [9.17, 15) is 4.39 Å². The molecule has 0 radical (unpaired) electrons. The van der Waals surface area contributed by atoms with Crippen molar-refractivity contribution >= 4 is 27.5 Å². The summed E-state index contributed by atoms with van der Waals surface area (Å²) in [5, 5.41) is 0. The van der Waals surface area contributed by atoms with Crippen molar-refractivity contribution in [1.82, 2.24) is 4.98 Å². The molecule has 0 N–H and O–H groups in total. The van der Waals surface area contributed by atoms with Crippen molar-refractivity contribution in [1.29, 1.82) is 0 Å². The molecule has 2 aromatic rings. The maximum absolute atomic E-state index is 13.1. The molecule has 0 saturated heterocycles. The first-order valence-corrected chi connectivity index (χ1v) is 5.49. The first kappa shape index (κ1) is 10.6. The summed E-state index contributed by atoms with van der Waals surface area (Å²) >= 11 is 8.76. The van der Waals surface area contributed by atoms with Gasteiger partial charge in [0.1, 0.15) is 5.82 Å². The highest BCUT2D eigenvalue weighted by Gasteiger charge is 2.07. The van der Waals surface area contributed by atoms with Gasteiger partial charge in [-0.2, -0.15) is 0 Å². The van der Waals surface area contributed by atoms with Gasteiger partial charge in [0.2, 0.25) is 5.89 Å². The van der Waals surface area contributed by atoms with Crippen molar-refractivity contribution in [3.63, 3.8) is 0 Å². The van der Waals surface area contributed by atoms with Crippen LogP contribution in [-0.4, -0.2) is 4.98 Å². The molecule has 0 fully saturated rings. The smallest absolute Gasteiger partial charge is 0.209 e. The Bertz CT molecular complexity index is 466. The molecule has 78 valence electrons. The molecule has 1 heterocycles. The average Bonchev–Trinajstić information content (AvgIpc) is 2.64. The van der Waals surface area contributed by atoms with Crippen molar-refractivity contribution < 1.29 is 8.81 Å². The van der Waals surface area contributed by atoms with Gasteiger partial charge >= 0.3 is 0 Å². The third kappa shape index (κ3) is 2.38. The molecule has 2 rings (SSSR count). The van der Waals surface area contributed by atoms with Gasteiger partial charge in [-0.1, -0.05) is 15.9 Å². The van der Waals surface area contributed by atoms with Crippen LogP contribution in [0.3, 0.4) is 0 Å². The number of alkyl halides is 1. The molecule has 0 spiro atoms. The highest BCUT2D eigenvalue weighted by Crippen LogP contribution is 2.25. The summed E-state index contributed by atoms with van der Waals surface area (Å²) in [7, 11) is 0. The molecule has 1 aromatic heterocycles. The van der Waals surface area contributed by atoms with Gasteiger partial charge < -0.3 is 4.42 Å². The Balaban J connectivity index is 2.44. The number of hydrogen-bond donors (Lipinski definition) is 0. The zero-order valence-electron chi connectivity index (χ0n) is 7.51. The molecule has 0 amide bonds. The summed E-state index contributed by atoms with van der Waals surface area (Å²) < 4.78 is 19.0. The van der Waals surface area contributed by atoms with Crippen molar-refractivity contribution in [3.05, 3.63) is 40.6 Å². The van der Waals surface area contributed by atoms with E-state index in [4.69, 9.17) is 16.0 Å². The van der Waals surface area contributed by atoms with Gasteiger partial charge in [-0.05, 0) is 18.2 Å². The van der Waals surface area contributed by atoms with E-state index >= 15 is 0 Å². The van der Waals surface area contributed by atoms with Gasteiger partial charge in [0, 0.05) is 10.0 Å². The molecule has 0 unspecified atom stereocenters. The minimum atomic E-state index is -0.330. The Labute approximate surface area is 99.2 Å². The standard InChI is InChI=1S/C10H6BrClFNO/c11-7-1-6(2-8(13)3-7)9-5-14-10(4-12)15-9/h1-3,5H,4H2. The van der Waals surface area contributed by atoms with Crippen LogP contribution in [0.1, 0.15) is 5.89 Å². The number of hydrogen-bond acceptors (Lipinski definition) is 2. The summed E-state index contributed by atoms with van der Waals surface area (Å²) in [4.78, 5) is 3.93. The predicted molar refractivity (Wildman–Crippen MR) is 59.2 cm³/mol. The normalized spacial score (nSPS) is 10.6. The fraction of sp³-hybridized carbons (Fsp3) is 0.100. The average molecular weight is 291 g/mol. The van der Waals surface area contributed by atoms with Gasteiger partial charge in [0.05, 0.1) is 12.1 Å². The summed E-state index contributed by atoms with van der Waals surface area (Å²) in [6.07, 6.45) is 1.53. The van der Waals surface area contributed by atoms with Gasteiger partial charge in [-0.25, -0.2) is 9.37 Å². The third-order valence-corrected chi connectivity index (χ3v) is 2.50. The lowest BCUT2D eigenvalue weighted by Gasteiger charge is -1.97. The molecule has 1 aromatic carbocycles. The predicted octanol–water partition coefficient (Wildman–Crippen LogP) is 3.98. The first-order chi connectivity index (χ1) is 7.19. The van der Waals surface area contributed by atoms with Crippen LogP contribution in [0, 0.1) is 5.82 Å². The summed E-state index contributed by atoms with van der Waals surface area (Å²) in [5.41, 5.74) is 0.630. The lowest BCUT2D eigenvalue weighted by molar-refractivity contribution is 0.528. The monoisotopic (exact) mass is 289 g/mol. The SMILES string of the molecule is Fc1cc(Br)cc(-c2cnc(CCl)o2)c1. The molecule has 15 heavy (non-hydrogen) atoms. The van der Waals surface area contributed by atoms with E-state index in [1.165, 1.54) is 18.3 Å². The van der Waals surface area contributed by atoms with Crippen LogP contribution in [0.15, 0.2) is 33.3 Å². The largest absolute Gasteiger partial charge is 0.439 e. The minimum Gasteiger partial charge on any atom is -0.439 e. The van der Waals surface area contributed by atoms with E-state index in [0.717, 1.165) is 0 Å². The Morgan fingerprint density at radius 2 is 2.20 bits per heavy atom.